The van der Waals surface area contributed by atoms with E-state index in [1.165, 1.54) is 0 Å². The molecule has 5 nitrogen and oxygen atoms in total. The molecule has 0 aliphatic heterocycles. The van der Waals surface area contributed by atoms with E-state index in [1.807, 2.05) is 27.7 Å². The first-order valence-electron chi connectivity index (χ1n) is 6.05. The summed E-state index contributed by atoms with van der Waals surface area (Å²) in [5.74, 6) is -0.265. The van der Waals surface area contributed by atoms with Crippen LogP contribution in [0.5, 0.6) is 0 Å². The zero-order valence-corrected chi connectivity index (χ0v) is 13.3. The average molecular weight is 311 g/mol. The molecule has 1 amide bonds. The monoisotopic (exact) mass is 310 g/mol. The van der Waals surface area contributed by atoms with Gasteiger partial charge in [0.2, 0.25) is 0 Å². The fourth-order valence-electron chi connectivity index (χ4n) is 1.65. The Bertz CT molecular complexity index is 648. The number of nitrogens with one attached hydrogen (secondary N) is 1. The Morgan fingerprint density at radius 1 is 1.40 bits per heavy atom. The van der Waals surface area contributed by atoms with Gasteiger partial charge in [0.15, 0.2) is 5.15 Å². The van der Waals surface area contributed by atoms with Crippen LogP contribution in [-0.4, -0.2) is 20.5 Å². The van der Waals surface area contributed by atoms with Gasteiger partial charge in [0.25, 0.3) is 5.91 Å². The van der Waals surface area contributed by atoms with Gasteiger partial charge in [0.1, 0.15) is 4.88 Å². The Balaban J connectivity index is 2.30. The standard InChI is InChI=1S/C13H15ClN4OS/c1-7-5-8(11(14)15-6-7)16-12(19)9-10(13(2,3)4)17-18-20-9/h5-6H,1-4H3,(H,16,19). The molecule has 0 saturated heterocycles. The molecule has 2 rings (SSSR count). The molecular formula is C13H15ClN4OS. The van der Waals surface area contributed by atoms with Crippen molar-refractivity contribution >= 4 is 34.7 Å². The third-order valence-electron chi connectivity index (χ3n) is 2.63. The van der Waals surface area contributed by atoms with Crippen molar-refractivity contribution in [3.63, 3.8) is 0 Å². The van der Waals surface area contributed by atoms with Crippen LogP contribution in [0.2, 0.25) is 5.15 Å². The zero-order valence-electron chi connectivity index (χ0n) is 11.7. The van der Waals surface area contributed by atoms with Gasteiger partial charge in [0, 0.05) is 11.6 Å². The Labute approximate surface area is 126 Å². The van der Waals surface area contributed by atoms with Crippen LogP contribution in [0, 0.1) is 6.92 Å². The Hall–Kier alpha value is -1.53. The van der Waals surface area contributed by atoms with E-state index in [-0.39, 0.29) is 16.5 Å². The van der Waals surface area contributed by atoms with E-state index >= 15 is 0 Å². The molecule has 0 aliphatic rings. The lowest BCUT2D eigenvalue weighted by Gasteiger charge is -2.16. The Kier molecular flexibility index (Phi) is 4.06. The van der Waals surface area contributed by atoms with Crippen LogP contribution in [0.3, 0.4) is 0 Å². The van der Waals surface area contributed by atoms with Gasteiger partial charge in [-0.3, -0.25) is 4.79 Å². The number of carbonyl (C=O) groups excluding carboxylic acids is 1. The van der Waals surface area contributed by atoms with Gasteiger partial charge in [0.05, 0.1) is 11.4 Å². The number of anilines is 1. The second kappa shape index (κ2) is 5.46. The highest BCUT2D eigenvalue weighted by atomic mass is 35.5. The first-order valence-corrected chi connectivity index (χ1v) is 7.20. The number of amides is 1. The Morgan fingerprint density at radius 3 is 2.75 bits per heavy atom. The molecule has 0 unspecified atom stereocenters. The van der Waals surface area contributed by atoms with E-state index in [2.05, 4.69) is 19.9 Å². The van der Waals surface area contributed by atoms with E-state index in [9.17, 15) is 4.79 Å². The zero-order chi connectivity index (χ0) is 14.9. The molecule has 0 saturated carbocycles. The van der Waals surface area contributed by atoms with Crippen LogP contribution in [-0.2, 0) is 5.41 Å². The first kappa shape index (κ1) is 14.9. The maximum Gasteiger partial charge on any atom is 0.269 e. The molecule has 0 radical (unpaired) electrons. The molecule has 0 fully saturated rings. The van der Waals surface area contributed by atoms with Crippen molar-refractivity contribution in [3.05, 3.63) is 33.6 Å². The second-order valence-corrected chi connectivity index (χ2v) is 6.62. The van der Waals surface area contributed by atoms with Crippen molar-refractivity contribution in [2.24, 2.45) is 0 Å². The molecule has 0 atom stereocenters. The summed E-state index contributed by atoms with van der Waals surface area (Å²) in [5.41, 5.74) is 1.85. The van der Waals surface area contributed by atoms with Gasteiger partial charge in [-0.25, -0.2) is 4.98 Å². The van der Waals surface area contributed by atoms with Gasteiger partial charge >= 0.3 is 0 Å². The minimum atomic E-state index is -0.265. The highest BCUT2D eigenvalue weighted by Crippen LogP contribution is 2.27. The van der Waals surface area contributed by atoms with Crippen LogP contribution in [0.1, 0.15) is 41.7 Å². The predicted octanol–water partition coefficient (Wildman–Crippen LogP) is 3.44. The SMILES string of the molecule is Cc1cnc(Cl)c(NC(=O)c2snnc2C(C)(C)C)c1. The summed E-state index contributed by atoms with van der Waals surface area (Å²) in [5, 5.41) is 7.07. The maximum absolute atomic E-state index is 12.3. The Morgan fingerprint density at radius 2 is 2.10 bits per heavy atom. The summed E-state index contributed by atoms with van der Waals surface area (Å²) >= 11 is 7.05. The molecule has 2 aromatic rings. The highest BCUT2D eigenvalue weighted by molar-refractivity contribution is 7.08. The largest absolute Gasteiger partial charge is 0.319 e. The first-order chi connectivity index (χ1) is 9.29. The lowest BCUT2D eigenvalue weighted by molar-refractivity contribution is 0.102. The number of hydrogen-bond donors (Lipinski definition) is 1. The second-order valence-electron chi connectivity index (χ2n) is 5.51. The molecule has 0 spiro atoms. The van der Waals surface area contributed by atoms with E-state index in [0.717, 1.165) is 17.1 Å². The van der Waals surface area contributed by atoms with E-state index < -0.39 is 0 Å². The van der Waals surface area contributed by atoms with Gasteiger partial charge in [-0.05, 0) is 30.1 Å². The number of rotatable bonds is 2. The maximum atomic E-state index is 12.3. The van der Waals surface area contributed by atoms with Gasteiger partial charge in [-0.2, -0.15) is 0 Å². The minimum Gasteiger partial charge on any atom is -0.319 e. The molecule has 7 heteroatoms. The number of nitrogens with zero attached hydrogens (tertiary/aromatic N) is 3. The summed E-state index contributed by atoms with van der Waals surface area (Å²) in [6.07, 6.45) is 1.65. The van der Waals surface area contributed by atoms with E-state index in [1.54, 1.807) is 12.3 Å². The third-order valence-corrected chi connectivity index (χ3v) is 3.65. The fraction of sp³-hybridized carbons (Fsp3) is 0.385. The fourth-order valence-corrected chi connectivity index (χ4v) is 2.57. The quantitative estimate of drug-likeness (QED) is 0.863. The van der Waals surface area contributed by atoms with Crippen LogP contribution >= 0.6 is 23.1 Å². The van der Waals surface area contributed by atoms with E-state index in [0.29, 0.717) is 16.3 Å². The van der Waals surface area contributed by atoms with Gasteiger partial charge < -0.3 is 5.32 Å². The number of halogens is 1. The summed E-state index contributed by atoms with van der Waals surface area (Å²) < 4.78 is 3.87. The highest BCUT2D eigenvalue weighted by Gasteiger charge is 2.26. The summed E-state index contributed by atoms with van der Waals surface area (Å²) in [4.78, 5) is 16.8. The topological polar surface area (TPSA) is 67.8 Å². The van der Waals surface area contributed by atoms with Crippen LogP contribution in [0.15, 0.2) is 12.3 Å². The minimum absolute atomic E-state index is 0.242. The molecule has 2 heterocycles. The normalized spacial score (nSPS) is 11.4. The molecule has 106 valence electrons. The van der Waals surface area contributed by atoms with Crippen LogP contribution in [0.4, 0.5) is 5.69 Å². The smallest absolute Gasteiger partial charge is 0.269 e. The molecule has 0 aromatic carbocycles. The van der Waals surface area contributed by atoms with Crippen molar-refractivity contribution in [2.75, 3.05) is 5.32 Å². The number of carbonyl (C=O) groups is 1. The van der Waals surface area contributed by atoms with E-state index in [4.69, 9.17) is 11.6 Å². The molecule has 20 heavy (non-hydrogen) atoms. The van der Waals surface area contributed by atoms with Crippen molar-refractivity contribution in [1.82, 2.24) is 14.6 Å². The number of aromatic nitrogens is 3. The molecule has 2 aromatic heterocycles. The van der Waals surface area contributed by atoms with Gasteiger partial charge in [-0.1, -0.05) is 36.9 Å². The molecule has 0 bridgehead atoms. The van der Waals surface area contributed by atoms with Crippen LogP contribution < -0.4 is 5.32 Å². The van der Waals surface area contributed by atoms with Crippen molar-refractivity contribution in [3.8, 4) is 0 Å². The van der Waals surface area contributed by atoms with Gasteiger partial charge in [-0.15, -0.1) is 5.10 Å². The predicted molar refractivity (Wildman–Crippen MR) is 80.5 cm³/mol. The van der Waals surface area contributed by atoms with Crippen molar-refractivity contribution in [2.45, 2.75) is 33.1 Å². The summed E-state index contributed by atoms with van der Waals surface area (Å²) in [7, 11) is 0. The average Bonchev–Trinajstić information content (AvgIpc) is 2.82. The number of hydrogen-bond acceptors (Lipinski definition) is 5. The molecule has 1 N–H and O–H groups in total. The van der Waals surface area contributed by atoms with Crippen molar-refractivity contribution in [1.29, 1.82) is 0 Å². The molecule has 0 aliphatic carbocycles. The lowest BCUT2D eigenvalue weighted by Crippen LogP contribution is -2.20. The third kappa shape index (κ3) is 3.13. The molecular weight excluding hydrogens is 296 g/mol. The lowest BCUT2D eigenvalue weighted by atomic mass is 9.91. The number of aryl methyl sites for hydroxylation is 1. The number of pyridine rings is 1. The summed E-state index contributed by atoms with van der Waals surface area (Å²) in [6, 6.07) is 1.78. The summed E-state index contributed by atoms with van der Waals surface area (Å²) in [6.45, 7) is 7.85. The van der Waals surface area contributed by atoms with Crippen LogP contribution in [0.25, 0.3) is 0 Å². The van der Waals surface area contributed by atoms with Crippen molar-refractivity contribution < 1.29 is 4.79 Å².